The van der Waals surface area contributed by atoms with Crippen molar-refractivity contribution in [3.05, 3.63) is 65.5 Å². The number of aliphatic hydroxyl groups is 2. The molecular weight excluding hydrogens is 333 g/mol. The topological polar surface area (TPSA) is 58.3 Å². The third-order valence-electron chi connectivity index (χ3n) is 4.15. The molecule has 0 aliphatic carbocycles. The third kappa shape index (κ3) is 3.38. The fourth-order valence-electron chi connectivity index (χ4n) is 2.85. The van der Waals surface area contributed by atoms with Crippen LogP contribution in [0.1, 0.15) is 23.9 Å². The van der Waals surface area contributed by atoms with E-state index in [4.69, 9.17) is 0 Å². The van der Waals surface area contributed by atoms with Gasteiger partial charge in [0.25, 0.3) is 0 Å². The normalized spacial score (nSPS) is 14.6. The summed E-state index contributed by atoms with van der Waals surface area (Å²) in [6.45, 7) is 1.07. The summed E-state index contributed by atoms with van der Waals surface area (Å²) in [5.41, 5.74) is -0.911. The number of para-hydroxylation sites is 2. The largest absolute Gasteiger partial charge is 0.416 e. The monoisotopic (exact) mass is 350 g/mol. The van der Waals surface area contributed by atoms with Crippen LogP contribution in [0.25, 0.3) is 11.0 Å². The summed E-state index contributed by atoms with van der Waals surface area (Å²) in [6, 6.07) is 11.8. The van der Waals surface area contributed by atoms with Crippen molar-refractivity contribution >= 4 is 11.0 Å². The van der Waals surface area contributed by atoms with Crippen LogP contribution in [-0.2, 0) is 24.9 Å². The van der Waals surface area contributed by atoms with Gasteiger partial charge in [-0.2, -0.15) is 13.2 Å². The smallest absolute Gasteiger partial charge is 0.388 e. The Bertz CT molecular complexity index is 901. The Morgan fingerprint density at radius 3 is 2.40 bits per heavy atom. The Hall–Kier alpha value is -2.38. The molecule has 0 saturated carbocycles. The number of aromatic nitrogens is 2. The van der Waals surface area contributed by atoms with Gasteiger partial charge in [0.15, 0.2) is 0 Å². The zero-order valence-electron chi connectivity index (χ0n) is 13.5. The average molecular weight is 350 g/mol. The first-order valence-corrected chi connectivity index (χ1v) is 7.67. The Kier molecular flexibility index (Phi) is 4.30. The molecule has 7 heteroatoms. The van der Waals surface area contributed by atoms with Crippen LogP contribution in [0.4, 0.5) is 13.2 Å². The van der Waals surface area contributed by atoms with Gasteiger partial charge < -0.3 is 14.8 Å². The summed E-state index contributed by atoms with van der Waals surface area (Å²) >= 11 is 0. The third-order valence-corrected chi connectivity index (χ3v) is 4.15. The van der Waals surface area contributed by atoms with Gasteiger partial charge in [-0.15, -0.1) is 0 Å². The molecule has 1 heterocycles. The summed E-state index contributed by atoms with van der Waals surface area (Å²) < 4.78 is 40.4. The highest BCUT2D eigenvalue weighted by Crippen LogP contribution is 2.33. The lowest BCUT2D eigenvalue weighted by molar-refractivity contribution is -0.137. The molecule has 0 radical (unpaired) electrons. The molecule has 1 unspecified atom stereocenters. The lowest BCUT2D eigenvalue weighted by Gasteiger charge is -2.26. The van der Waals surface area contributed by atoms with Gasteiger partial charge in [-0.05, 0) is 36.8 Å². The summed E-state index contributed by atoms with van der Waals surface area (Å²) in [5.74, 6) is 0.341. The highest BCUT2D eigenvalue weighted by atomic mass is 19.4. The molecular formula is C18H17F3N2O2. The van der Waals surface area contributed by atoms with Crippen LogP contribution in [0.3, 0.4) is 0 Å². The number of hydrogen-bond donors (Lipinski definition) is 2. The second-order valence-corrected chi connectivity index (χ2v) is 6.11. The van der Waals surface area contributed by atoms with Crippen molar-refractivity contribution in [2.24, 2.45) is 0 Å². The number of benzene rings is 2. The fourth-order valence-corrected chi connectivity index (χ4v) is 2.85. The minimum absolute atomic E-state index is 0.0370. The van der Waals surface area contributed by atoms with Crippen molar-refractivity contribution in [2.75, 3.05) is 0 Å². The van der Waals surface area contributed by atoms with E-state index in [-0.39, 0.29) is 18.7 Å². The molecule has 0 aliphatic rings. The SMILES string of the molecule is CC(O)(Cn1c(CO)nc2ccccc21)c1cccc(C(F)(F)F)c1. The van der Waals surface area contributed by atoms with Crippen molar-refractivity contribution in [3.63, 3.8) is 0 Å². The number of nitrogens with zero attached hydrogens (tertiary/aromatic N) is 2. The van der Waals surface area contributed by atoms with Gasteiger partial charge >= 0.3 is 6.18 Å². The number of hydrogen-bond acceptors (Lipinski definition) is 3. The molecule has 0 spiro atoms. The zero-order valence-corrected chi connectivity index (χ0v) is 13.5. The van der Waals surface area contributed by atoms with Crippen molar-refractivity contribution < 1.29 is 23.4 Å². The molecule has 2 aromatic carbocycles. The van der Waals surface area contributed by atoms with Crippen molar-refractivity contribution in [3.8, 4) is 0 Å². The van der Waals surface area contributed by atoms with Crippen LogP contribution in [0.5, 0.6) is 0 Å². The first kappa shape index (κ1) is 17.4. The molecule has 132 valence electrons. The maximum absolute atomic E-state index is 12.9. The van der Waals surface area contributed by atoms with E-state index in [1.54, 1.807) is 28.8 Å². The number of alkyl halides is 3. The fraction of sp³-hybridized carbons (Fsp3) is 0.278. The lowest BCUT2D eigenvalue weighted by atomic mass is 9.94. The lowest BCUT2D eigenvalue weighted by Crippen LogP contribution is -2.29. The predicted octanol–water partition coefficient (Wildman–Crippen LogP) is 3.46. The summed E-state index contributed by atoms with van der Waals surface area (Å²) in [7, 11) is 0. The van der Waals surface area contributed by atoms with Crippen LogP contribution >= 0.6 is 0 Å². The van der Waals surface area contributed by atoms with E-state index in [9.17, 15) is 23.4 Å². The van der Waals surface area contributed by atoms with Crippen LogP contribution in [0.15, 0.2) is 48.5 Å². The van der Waals surface area contributed by atoms with E-state index >= 15 is 0 Å². The highest BCUT2D eigenvalue weighted by molar-refractivity contribution is 5.75. The first-order chi connectivity index (χ1) is 11.7. The maximum atomic E-state index is 12.9. The number of rotatable bonds is 4. The number of aliphatic hydroxyl groups excluding tert-OH is 1. The van der Waals surface area contributed by atoms with E-state index in [1.807, 2.05) is 0 Å². The van der Waals surface area contributed by atoms with E-state index in [2.05, 4.69) is 4.98 Å². The van der Waals surface area contributed by atoms with E-state index in [0.29, 0.717) is 16.9 Å². The molecule has 3 rings (SSSR count). The molecule has 0 amide bonds. The summed E-state index contributed by atoms with van der Waals surface area (Å²) in [5, 5.41) is 20.4. The van der Waals surface area contributed by atoms with Crippen LogP contribution in [-0.4, -0.2) is 19.8 Å². The van der Waals surface area contributed by atoms with Gasteiger partial charge in [0.2, 0.25) is 0 Å². The van der Waals surface area contributed by atoms with Gasteiger partial charge in [0, 0.05) is 0 Å². The average Bonchev–Trinajstić information content (AvgIpc) is 2.92. The first-order valence-electron chi connectivity index (χ1n) is 7.67. The summed E-state index contributed by atoms with van der Waals surface area (Å²) in [6.07, 6.45) is -4.48. The minimum atomic E-state index is -4.48. The minimum Gasteiger partial charge on any atom is -0.388 e. The van der Waals surface area contributed by atoms with Gasteiger partial charge in [-0.25, -0.2) is 4.98 Å². The molecule has 0 aliphatic heterocycles. The van der Waals surface area contributed by atoms with Gasteiger partial charge in [-0.1, -0.05) is 24.3 Å². The molecule has 0 bridgehead atoms. The number of halogens is 3. The van der Waals surface area contributed by atoms with Crippen molar-refractivity contribution in [2.45, 2.75) is 31.9 Å². The Morgan fingerprint density at radius 2 is 1.72 bits per heavy atom. The molecule has 4 nitrogen and oxygen atoms in total. The van der Waals surface area contributed by atoms with E-state index < -0.39 is 17.3 Å². The highest BCUT2D eigenvalue weighted by Gasteiger charge is 2.33. The van der Waals surface area contributed by atoms with E-state index in [0.717, 1.165) is 12.1 Å². The van der Waals surface area contributed by atoms with Gasteiger partial charge in [0.05, 0.1) is 23.1 Å². The molecule has 1 aromatic heterocycles. The van der Waals surface area contributed by atoms with Gasteiger partial charge in [-0.3, -0.25) is 0 Å². The molecule has 3 aromatic rings. The maximum Gasteiger partial charge on any atom is 0.416 e. The molecule has 0 saturated heterocycles. The standard InChI is InChI=1S/C18H17F3N2O2/c1-17(25,12-5-4-6-13(9-12)18(19,20)21)11-23-15-8-3-2-7-14(15)22-16(23)10-24/h2-9,24-25H,10-11H2,1H3. The Balaban J connectivity index is 2.02. The second-order valence-electron chi connectivity index (χ2n) is 6.11. The molecule has 1 atom stereocenters. The Morgan fingerprint density at radius 1 is 1.04 bits per heavy atom. The van der Waals surface area contributed by atoms with E-state index in [1.165, 1.54) is 19.1 Å². The predicted molar refractivity (Wildman–Crippen MR) is 86.7 cm³/mol. The Labute approximate surface area is 142 Å². The van der Waals surface area contributed by atoms with Crippen molar-refractivity contribution in [1.29, 1.82) is 0 Å². The number of fused-ring (bicyclic) bond motifs is 1. The number of imidazole rings is 1. The quantitative estimate of drug-likeness (QED) is 0.758. The molecule has 25 heavy (non-hydrogen) atoms. The van der Waals surface area contributed by atoms with Crippen LogP contribution in [0.2, 0.25) is 0 Å². The molecule has 0 fully saturated rings. The molecule has 2 N–H and O–H groups in total. The summed E-state index contributed by atoms with van der Waals surface area (Å²) in [4.78, 5) is 4.29. The van der Waals surface area contributed by atoms with Gasteiger partial charge in [0.1, 0.15) is 18.0 Å². The zero-order chi connectivity index (χ0) is 18.2. The van der Waals surface area contributed by atoms with Crippen LogP contribution in [0, 0.1) is 0 Å². The second kappa shape index (κ2) is 6.16. The van der Waals surface area contributed by atoms with Crippen molar-refractivity contribution in [1.82, 2.24) is 9.55 Å². The van der Waals surface area contributed by atoms with Crippen LogP contribution < -0.4 is 0 Å².